The maximum Gasteiger partial charge on any atom is 0.262 e. The number of nitrogens with zero attached hydrogens (tertiary/aromatic N) is 2. The van der Waals surface area contributed by atoms with Gasteiger partial charge in [0.05, 0.1) is 19.7 Å². The van der Waals surface area contributed by atoms with Gasteiger partial charge in [0.1, 0.15) is 11.8 Å². The zero-order valence-corrected chi connectivity index (χ0v) is 13.8. The first kappa shape index (κ1) is 17.3. The second kappa shape index (κ2) is 6.75. The number of carbonyl (C=O) groups is 1. The van der Waals surface area contributed by atoms with E-state index in [-0.39, 0.29) is 5.89 Å². The van der Waals surface area contributed by atoms with Gasteiger partial charge in [-0.05, 0) is 19.1 Å². The summed E-state index contributed by atoms with van der Waals surface area (Å²) in [5.74, 6) is -2.20. The highest BCUT2D eigenvalue weighted by Crippen LogP contribution is 2.26. The molecule has 2 unspecified atom stereocenters. The normalized spacial score (nSPS) is 20.2. The molecule has 1 amide bonds. The van der Waals surface area contributed by atoms with Gasteiger partial charge in [0, 0.05) is 12.0 Å². The van der Waals surface area contributed by atoms with E-state index in [0.29, 0.717) is 17.1 Å². The Morgan fingerprint density at radius 2 is 2.32 bits per heavy atom. The average molecular weight is 352 g/mol. The fourth-order valence-corrected chi connectivity index (χ4v) is 2.57. The van der Waals surface area contributed by atoms with E-state index in [1.165, 1.54) is 0 Å². The molecule has 1 aliphatic heterocycles. The minimum absolute atomic E-state index is 0.191. The smallest absolute Gasteiger partial charge is 0.262 e. The average Bonchev–Trinajstić information content (AvgIpc) is 3.21. The Morgan fingerprint density at radius 1 is 1.52 bits per heavy atom. The number of hydrogen-bond donors (Lipinski definition) is 2. The van der Waals surface area contributed by atoms with Crippen molar-refractivity contribution in [2.75, 3.05) is 13.7 Å². The van der Waals surface area contributed by atoms with Crippen molar-refractivity contribution in [3.05, 3.63) is 30.2 Å². The summed E-state index contributed by atoms with van der Waals surface area (Å²) < 4.78 is 36.7. The third-order valence-corrected chi connectivity index (χ3v) is 3.93. The molecule has 7 nitrogen and oxygen atoms in total. The van der Waals surface area contributed by atoms with Gasteiger partial charge in [-0.1, -0.05) is 17.3 Å². The molecule has 0 bridgehead atoms. The van der Waals surface area contributed by atoms with Gasteiger partial charge in [-0.3, -0.25) is 10.1 Å². The van der Waals surface area contributed by atoms with E-state index in [4.69, 9.17) is 9.26 Å². The van der Waals surface area contributed by atoms with E-state index in [0.717, 1.165) is 0 Å². The molecule has 1 aromatic carbocycles. The summed E-state index contributed by atoms with van der Waals surface area (Å²) >= 11 is 0. The van der Waals surface area contributed by atoms with Gasteiger partial charge < -0.3 is 14.6 Å². The number of benzene rings is 1. The van der Waals surface area contributed by atoms with Crippen molar-refractivity contribution in [3.8, 4) is 17.1 Å². The van der Waals surface area contributed by atoms with Crippen molar-refractivity contribution in [2.45, 2.75) is 31.4 Å². The Labute approximate surface area is 142 Å². The molecule has 1 saturated heterocycles. The predicted molar refractivity (Wildman–Crippen MR) is 84.2 cm³/mol. The zero-order chi connectivity index (χ0) is 18.0. The standard InChI is InChI=1S/C16H18F2N4O3/c1-9(20-14(23)12-7-16(17,18)8-19-12)15-21-13(22-25-15)10-4-3-5-11(6-10)24-2/h3-6,9,12,19H,7-8H2,1-2H3,(H,20,23). The molecule has 2 atom stereocenters. The molecule has 2 heterocycles. The van der Waals surface area contributed by atoms with Crippen LogP contribution in [0.1, 0.15) is 25.3 Å². The monoisotopic (exact) mass is 352 g/mol. The van der Waals surface area contributed by atoms with Crippen LogP contribution in [0.15, 0.2) is 28.8 Å². The van der Waals surface area contributed by atoms with Crippen molar-refractivity contribution in [2.24, 2.45) is 0 Å². The molecule has 0 spiro atoms. The minimum Gasteiger partial charge on any atom is -0.497 e. The lowest BCUT2D eigenvalue weighted by Crippen LogP contribution is -2.41. The van der Waals surface area contributed by atoms with Crippen LogP contribution in [0.4, 0.5) is 8.78 Å². The number of methoxy groups -OCH3 is 1. The van der Waals surface area contributed by atoms with E-state index in [2.05, 4.69) is 20.8 Å². The van der Waals surface area contributed by atoms with Crippen LogP contribution in [0.25, 0.3) is 11.4 Å². The summed E-state index contributed by atoms with van der Waals surface area (Å²) in [6, 6.07) is 5.60. The Kier molecular flexibility index (Phi) is 4.67. The summed E-state index contributed by atoms with van der Waals surface area (Å²) in [5.41, 5.74) is 0.699. The second-order valence-electron chi connectivity index (χ2n) is 5.91. The van der Waals surface area contributed by atoms with E-state index < -0.39 is 36.9 Å². The number of amides is 1. The van der Waals surface area contributed by atoms with E-state index in [1.807, 2.05) is 0 Å². The van der Waals surface area contributed by atoms with E-state index in [9.17, 15) is 13.6 Å². The molecule has 25 heavy (non-hydrogen) atoms. The van der Waals surface area contributed by atoms with Gasteiger partial charge in [0.2, 0.25) is 17.6 Å². The Bertz CT molecular complexity index is 765. The molecule has 0 aliphatic carbocycles. The van der Waals surface area contributed by atoms with E-state index in [1.54, 1.807) is 38.3 Å². The number of hydrogen-bond acceptors (Lipinski definition) is 6. The molecule has 1 fully saturated rings. The van der Waals surface area contributed by atoms with Gasteiger partial charge in [0.25, 0.3) is 5.92 Å². The van der Waals surface area contributed by atoms with E-state index >= 15 is 0 Å². The molecule has 1 aliphatic rings. The molecule has 2 aromatic rings. The van der Waals surface area contributed by atoms with Gasteiger partial charge in [0.15, 0.2) is 0 Å². The van der Waals surface area contributed by atoms with Crippen LogP contribution in [-0.4, -0.2) is 41.7 Å². The third kappa shape index (κ3) is 3.93. The summed E-state index contributed by atoms with van der Waals surface area (Å²) in [6.07, 6.45) is -0.523. The number of halogens is 2. The van der Waals surface area contributed by atoms with Crippen LogP contribution in [0.3, 0.4) is 0 Å². The minimum atomic E-state index is -2.87. The summed E-state index contributed by atoms with van der Waals surface area (Å²) in [6.45, 7) is 1.15. The van der Waals surface area contributed by atoms with Gasteiger partial charge in [-0.2, -0.15) is 4.98 Å². The quantitative estimate of drug-likeness (QED) is 0.855. The number of aromatic nitrogens is 2. The molecule has 0 radical (unpaired) electrons. The molecule has 9 heteroatoms. The van der Waals surface area contributed by atoms with Gasteiger partial charge in [-0.15, -0.1) is 0 Å². The van der Waals surface area contributed by atoms with Crippen molar-refractivity contribution in [1.29, 1.82) is 0 Å². The lowest BCUT2D eigenvalue weighted by Gasteiger charge is -2.14. The SMILES string of the molecule is COc1cccc(-c2noc(C(C)NC(=O)C3CC(F)(F)CN3)n2)c1. The Hall–Kier alpha value is -2.55. The van der Waals surface area contributed by atoms with Crippen molar-refractivity contribution in [1.82, 2.24) is 20.8 Å². The van der Waals surface area contributed by atoms with Crippen LogP contribution < -0.4 is 15.4 Å². The number of carbonyl (C=O) groups excluding carboxylic acids is 1. The Morgan fingerprint density at radius 3 is 3.00 bits per heavy atom. The zero-order valence-electron chi connectivity index (χ0n) is 13.8. The highest BCUT2D eigenvalue weighted by atomic mass is 19.3. The van der Waals surface area contributed by atoms with Crippen molar-refractivity contribution < 1.29 is 22.8 Å². The molecule has 2 N–H and O–H groups in total. The maximum absolute atomic E-state index is 13.2. The van der Waals surface area contributed by atoms with Crippen molar-refractivity contribution >= 4 is 5.91 Å². The predicted octanol–water partition coefficient (Wildman–Crippen LogP) is 1.92. The fraction of sp³-hybridized carbons (Fsp3) is 0.438. The first-order chi connectivity index (χ1) is 11.9. The first-order valence-electron chi connectivity index (χ1n) is 7.77. The fourth-order valence-electron chi connectivity index (χ4n) is 2.57. The molecular weight excluding hydrogens is 334 g/mol. The number of ether oxygens (including phenoxy) is 1. The molecule has 3 rings (SSSR count). The lowest BCUT2D eigenvalue weighted by atomic mass is 10.1. The topological polar surface area (TPSA) is 89.3 Å². The number of alkyl halides is 2. The second-order valence-corrected chi connectivity index (χ2v) is 5.91. The lowest BCUT2D eigenvalue weighted by molar-refractivity contribution is -0.124. The van der Waals surface area contributed by atoms with Crippen LogP contribution in [0, 0.1) is 0 Å². The Balaban J connectivity index is 1.66. The van der Waals surface area contributed by atoms with Crippen LogP contribution in [0.2, 0.25) is 0 Å². The summed E-state index contributed by atoms with van der Waals surface area (Å²) in [4.78, 5) is 16.3. The van der Waals surface area contributed by atoms with Crippen LogP contribution in [-0.2, 0) is 4.79 Å². The first-order valence-corrected chi connectivity index (χ1v) is 7.77. The van der Waals surface area contributed by atoms with Crippen LogP contribution in [0.5, 0.6) is 5.75 Å². The molecular formula is C16H18F2N4O3. The van der Waals surface area contributed by atoms with Crippen molar-refractivity contribution in [3.63, 3.8) is 0 Å². The molecule has 134 valence electrons. The molecule has 0 saturated carbocycles. The highest BCUT2D eigenvalue weighted by Gasteiger charge is 2.42. The highest BCUT2D eigenvalue weighted by molar-refractivity contribution is 5.82. The third-order valence-electron chi connectivity index (χ3n) is 3.93. The maximum atomic E-state index is 13.2. The summed E-state index contributed by atoms with van der Waals surface area (Å²) in [5, 5.41) is 8.99. The van der Waals surface area contributed by atoms with Gasteiger partial charge >= 0.3 is 0 Å². The van der Waals surface area contributed by atoms with Crippen LogP contribution >= 0.6 is 0 Å². The molecule has 1 aromatic heterocycles. The largest absolute Gasteiger partial charge is 0.497 e. The van der Waals surface area contributed by atoms with Gasteiger partial charge in [-0.25, -0.2) is 8.78 Å². The number of nitrogens with one attached hydrogen (secondary N) is 2. The summed E-state index contributed by atoms with van der Waals surface area (Å²) in [7, 11) is 1.55. The number of rotatable bonds is 5.